The predicted octanol–water partition coefficient (Wildman–Crippen LogP) is 0.735. The minimum Gasteiger partial charge on any atom is -0.460 e. The summed E-state index contributed by atoms with van der Waals surface area (Å²) in [4.78, 5) is 24.6. The quantitative estimate of drug-likeness (QED) is 0.438. The Morgan fingerprint density at radius 1 is 1.31 bits per heavy atom. The Hall–Kier alpha value is -1.44. The van der Waals surface area contributed by atoms with Gasteiger partial charge in [-0.05, 0) is 26.2 Å². The fourth-order valence-corrected chi connectivity index (χ4v) is 5.60. The second kappa shape index (κ2) is 4.88. The third kappa shape index (κ3) is 2.05. The second-order valence-corrected chi connectivity index (χ2v) is 8.98. The number of epoxide rings is 2. The number of carbonyl (C=O) groups is 2. The molecule has 7 nitrogen and oxygen atoms in total. The zero-order valence-electron chi connectivity index (χ0n) is 15.0. The van der Waals surface area contributed by atoms with Crippen LogP contribution in [0.25, 0.3) is 0 Å². The van der Waals surface area contributed by atoms with Gasteiger partial charge < -0.3 is 24.1 Å². The van der Waals surface area contributed by atoms with E-state index in [1.54, 1.807) is 6.92 Å². The lowest BCUT2D eigenvalue weighted by molar-refractivity contribution is -0.207. The van der Waals surface area contributed by atoms with E-state index in [4.69, 9.17) is 18.9 Å². The fraction of sp³-hybridized carbons (Fsp3) is 0.789. The van der Waals surface area contributed by atoms with Crippen LogP contribution in [0.1, 0.15) is 33.1 Å². The van der Waals surface area contributed by atoms with Crippen molar-refractivity contribution >= 4 is 11.9 Å². The highest BCUT2D eigenvalue weighted by Gasteiger charge is 2.72. The van der Waals surface area contributed by atoms with Crippen molar-refractivity contribution in [2.45, 2.75) is 62.6 Å². The Balaban J connectivity index is 1.50. The standard InChI is InChI=1S/C19H24O7/c1-9-12-10(20)6-17(2)11(25-16(22)18(3)7-23-18)4-5-19(8-24-19)14(17)13(12)26-15(9)21/h10-14,20H,1,4-8H2,2-3H3. The van der Waals surface area contributed by atoms with Gasteiger partial charge >= 0.3 is 11.9 Å². The molecular formula is C19H24O7. The van der Waals surface area contributed by atoms with Crippen molar-refractivity contribution in [2.75, 3.05) is 13.2 Å². The molecule has 5 fully saturated rings. The first-order valence-electron chi connectivity index (χ1n) is 9.27. The van der Waals surface area contributed by atoms with Gasteiger partial charge in [0.25, 0.3) is 0 Å². The summed E-state index contributed by atoms with van der Waals surface area (Å²) in [5.41, 5.74) is -1.41. The van der Waals surface area contributed by atoms with Crippen LogP contribution in [0.3, 0.4) is 0 Å². The number of esters is 2. The molecule has 2 saturated carbocycles. The van der Waals surface area contributed by atoms with Crippen LogP contribution >= 0.6 is 0 Å². The lowest BCUT2D eigenvalue weighted by atomic mass is 9.51. The highest BCUT2D eigenvalue weighted by Crippen LogP contribution is 2.64. The maximum atomic E-state index is 12.5. The summed E-state index contributed by atoms with van der Waals surface area (Å²) >= 11 is 0. The molecule has 26 heavy (non-hydrogen) atoms. The van der Waals surface area contributed by atoms with Crippen LogP contribution in [0.5, 0.6) is 0 Å². The Kier molecular flexibility index (Phi) is 3.14. The van der Waals surface area contributed by atoms with Crippen LogP contribution in [0.2, 0.25) is 0 Å². The number of ether oxygens (including phenoxy) is 4. The molecule has 0 aromatic heterocycles. The summed E-state index contributed by atoms with van der Waals surface area (Å²) in [6.07, 6.45) is 0.192. The molecule has 3 saturated heterocycles. The summed E-state index contributed by atoms with van der Waals surface area (Å²) in [5, 5.41) is 10.8. The van der Waals surface area contributed by atoms with E-state index in [2.05, 4.69) is 6.58 Å². The van der Waals surface area contributed by atoms with Crippen LogP contribution < -0.4 is 0 Å². The number of carbonyl (C=O) groups excluding carboxylic acids is 2. The Morgan fingerprint density at radius 3 is 2.62 bits per heavy atom. The third-order valence-corrected chi connectivity index (χ3v) is 7.27. The van der Waals surface area contributed by atoms with Gasteiger partial charge in [-0.1, -0.05) is 13.5 Å². The van der Waals surface area contributed by atoms with Crippen LogP contribution in [0.4, 0.5) is 0 Å². The first-order chi connectivity index (χ1) is 12.2. The number of aliphatic hydroxyl groups is 1. The molecule has 5 rings (SSSR count). The van der Waals surface area contributed by atoms with Crippen molar-refractivity contribution in [2.24, 2.45) is 17.3 Å². The van der Waals surface area contributed by atoms with Crippen molar-refractivity contribution in [1.29, 1.82) is 0 Å². The van der Waals surface area contributed by atoms with E-state index in [9.17, 15) is 14.7 Å². The Labute approximate surface area is 151 Å². The van der Waals surface area contributed by atoms with Gasteiger partial charge in [-0.25, -0.2) is 9.59 Å². The van der Waals surface area contributed by atoms with Crippen LogP contribution in [-0.4, -0.2) is 59.8 Å². The van der Waals surface area contributed by atoms with Gasteiger partial charge in [-0.3, -0.25) is 0 Å². The van der Waals surface area contributed by atoms with E-state index >= 15 is 0 Å². The van der Waals surface area contributed by atoms with Crippen molar-refractivity contribution in [3.05, 3.63) is 12.2 Å². The molecule has 5 aliphatic rings. The fourth-order valence-electron chi connectivity index (χ4n) is 5.60. The molecule has 3 heterocycles. The molecule has 1 N–H and O–H groups in total. The van der Waals surface area contributed by atoms with Gasteiger partial charge in [0.1, 0.15) is 12.2 Å². The maximum absolute atomic E-state index is 12.5. The number of rotatable bonds is 2. The Bertz CT molecular complexity index is 707. The molecule has 8 atom stereocenters. The third-order valence-electron chi connectivity index (χ3n) is 7.27. The molecule has 8 unspecified atom stereocenters. The first kappa shape index (κ1) is 16.7. The van der Waals surface area contributed by atoms with Crippen LogP contribution in [0, 0.1) is 17.3 Å². The zero-order chi connectivity index (χ0) is 18.5. The van der Waals surface area contributed by atoms with E-state index in [-0.39, 0.29) is 23.6 Å². The molecule has 142 valence electrons. The Morgan fingerprint density at radius 2 is 2.00 bits per heavy atom. The topological polar surface area (TPSA) is 97.9 Å². The van der Waals surface area contributed by atoms with E-state index in [0.29, 0.717) is 31.6 Å². The van der Waals surface area contributed by atoms with Crippen LogP contribution in [0.15, 0.2) is 12.2 Å². The second-order valence-electron chi connectivity index (χ2n) is 8.98. The average Bonchev–Trinajstić information content (AvgIpc) is 3.47. The number of hydrogen-bond donors (Lipinski definition) is 1. The van der Waals surface area contributed by atoms with E-state index in [0.717, 1.165) is 6.42 Å². The van der Waals surface area contributed by atoms with E-state index in [1.165, 1.54) is 0 Å². The van der Waals surface area contributed by atoms with Gasteiger partial charge in [0.05, 0.1) is 30.8 Å². The van der Waals surface area contributed by atoms with Crippen molar-refractivity contribution in [3.8, 4) is 0 Å². The molecule has 0 amide bonds. The summed E-state index contributed by atoms with van der Waals surface area (Å²) in [7, 11) is 0. The maximum Gasteiger partial charge on any atom is 0.340 e. The van der Waals surface area contributed by atoms with Gasteiger partial charge in [0, 0.05) is 16.9 Å². The highest BCUT2D eigenvalue weighted by molar-refractivity contribution is 5.91. The molecule has 0 aromatic carbocycles. The minimum absolute atomic E-state index is 0.133. The van der Waals surface area contributed by atoms with Gasteiger partial charge in [0.15, 0.2) is 5.60 Å². The normalized spacial score (nSPS) is 54.3. The number of hydrogen-bond acceptors (Lipinski definition) is 7. The lowest BCUT2D eigenvalue weighted by Crippen LogP contribution is -2.63. The van der Waals surface area contributed by atoms with Crippen molar-refractivity contribution < 1.29 is 33.6 Å². The molecule has 1 spiro atoms. The lowest BCUT2D eigenvalue weighted by Gasteiger charge is -2.56. The summed E-state index contributed by atoms with van der Waals surface area (Å²) in [6, 6.07) is 0. The average molecular weight is 364 g/mol. The van der Waals surface area contributed by atoms with Crippen molar-refractivity contribution in [1.82, 2.24) is 0 Å². The monoisotopic (exact) mass is 364 g/mol. The highest BCUT2D eigenvalue weighted by atomic mass is 16.6. The van der Waals surface area contributed by atoms with Crippen LogP contribution in [-0.2, 0) is 28.5 Å². The predicted molar refractivity (Wildman–Crippen MR) is 86.9 cm³/mol. The SMILES string of the molecule is C=C1C(=O)OC2C1C(O)CC1(C)C(OC(=O)C3(C)CO3)CCC3(CO3)C21. The number of fused-ring (bicyclic) bond motifs is 4. The van der Waals surface area contributed by atoms with Gasteiger partial charge in [-0.15, -0.1) is 0 Å². The smallest absolute Gasteiger partial charge is 0.340 e. The first-order valence-corrected chi connectivity index (χ1v) is 9.27. The van der Waals surface area contributed by atoms with E-state index < -0.39 is 35.1 Å². The molecular weight excluding hydrogens is 340 g/mol. The molecule has 0 radical (unpaired) electrons. The molecule has 0 bridgehead atoms. The molecule has 3 aliphatic heterocycles. The summed E-state index contributed by atoms with van der Waals surface area (Å²) in [5.74, 6) is -1.36. The van der Waals surface area contributed by atoms with Gasteiger partial charge in [0.2, 0.25) is 0 Å². The summed E-state index contributed by atoms with van der Waals surface area (Å²) < 4.78 is 22.6. The van der Waals surface area contributed by atoms with Gasteiger partial charge in [-0.2, -0.15) is 0 Å². The molecule has 7 heteroatoms. The summed E-state index contributed by atoms with van der Waals surface area (Å²) in [6.45, 7) is 8.55. The zero-order valence-corrected chi connectivity index (χ0v) is 15.0. The largest absolute Gasteiger partial charge is 0.460 e. The van der Waals surface area contributed by atoms with E-state index in [1.807, 2.05) is 6.92 Å². The molecule has 2 aliphatic carbocycles. The molecule has 0 aromatic rings. The number of aliphatic hydroxyl groups excluding tert-OH is 1. The van der Waals surface area contributed by atoms with Crippen molar-refractivity contribution in [3.63, 3.8) is 0 Å². The minimum atomic E-state index is -0.846.